The van der Waals surface area contributed by atoms with E-state index in [4.69, 9.17) is 17.0 Å². The standard InChI is InChI=1S/C10H15NO3S3/c12-17(13)5-8-9(6-17)16-10(15)11(8)4-7-2-1-3-14-7/h7-9H,1-6H2/t7?,8-,9+/m1/s1. The summed E-state index contributed by atoms with van der Waals surface area (Å²) >= 11 is 6.90. The Bertz CT molecular complexity index is 430. The number of thioether (sulfide) groups is 1. The van der Waals surface area contributed by atoms with Gasteiger partial charge in [-0.15, -0.1) is 0 Å². The van der Waals surface area contributed by atoms with E-state index in [0.29, 0.717) is 0 Å². The summed E-state index contributed by atoms with van der Waals surface area (Å²) in [5.74, 6) is 0.544. The van der Waals surface area contributed by atoms with Crippen molar-refractivity contribution in [3.8, 4) is 0 Å². The van der Waals surface area contributed by atoms with E-state index in [1.807, 2.05) is 0 Å². The predicted octanol–water partition coefficient (Wildman–Crippen LogP) is 0.665. The normalized spacial score (nSPS) is 39.9. The summed E-state index contributed by atoms with van der Waals surface area (Å²) in [6, 6.07) is 0.0849. The highest BCUT2D eigenvalue weighted by molar-refractivity contribution is 8.24. The van der Waals surface area contributed by atoms with E-state index < -0.39 is 9.84 Å². The minimum absolute atomic E-state index is 0.0849. The number of sulfone groups is 1. The van der Waals surface area contributed by atoms with Gasteiger partial charge < -0.3 is 9.64 Å². The van der Waals surface area contributed by atoms with Gasteiger partial charge >= 0.3 is 0 Å². The predicted molar refractivity (Wildman–Crippen MR) is 72.1 cm³/mol. The molecule has 0 spiro atoms. The van der Waals surface area contributed by atoms with Gasteiger partial charge in [-0.3, -0.25) is 0 Å². The van der Waals surface area contributed by atoms with Gasteiger partial charge in [0.15, 0.2) is 9.84 Å². The monoisotopic (exact) mass is 293 g/mol. The van der Waals surface area contributed by atoms with Crippen LogP contribution in [0.15, 0.2) is 0 Å². The van der Waals surface area contributed by atoms with E-state index in [1.165, 1.54) is 0 Å². The third kappa shape index (κ3) is 2.34. The smallest absolute Gasteiger partial charge is 0.153 e. The summed E-state index contributed by atoms with van der Waals surface area (Å²) < 4.78 is 29.7. The van der Waals surface area contributed by atoms with Gasteiger partial charge in [-0.25, -0.2) is 8.42 Å². The summed E-state index contributed by atoms with van der Waals surface area (Å²) in [6.07, 6.45) is 2.40. The van der Waals surface area contributed by atoms with Gasteiger partial charge in [0.1, 0.15) is 4.32 Å². The van der Waals surface area contributed by atoms with E-state index in [9.17, 15) is 8.42 Å². The van der Waals surface area contributed by atoms with Crippen molar-refractivity contribution in [2.45, 2.75) is 30.2 Å². The third-order valence-electron chi connectivity index (χ3n) is 3.58. The highest BCUT2D eigenvalue weighted by atomic mass is 32.2. The molecule has 7 heteroatoms. The Morgan fingerprint density at radius 2 is 2.29 bits per heavy atom. The van der Waals surface area contributed by atoms with Crippen LogP contribution in [0.2, 0.25) is 0 Å². The minimum Gasteiger partial charge on any atom is -0.376 e. The summed E-state index contributed by atoms with van der Waals surface area (Å²) in [5, 5.41) is 0.147. The number of nitrogens with zero attached hydrogens (tertiary/aromatic N) is 1. The van der Waals surface area contributed by atoms with Gasteiger partial charge in [0.05, 0.1) is 23.7 Å². The molecular weight excluding hydrogens is 278 g/mol. The van der Waals surface area contributed by atoms with Crippen molar-refractivity contribution in [1.29, 1.82) is 0 Å². The fraction of sp³-hybridized carbons (Fsp3) is 0.900. The van der Waals surface area contributed by atoms with Crippen LogP contribution < -0.4 is 0 Å². The Labute approximate surface area is 111 Å². The second-order valence-electron chi connectivity index (χ2n) is 4.85. The van der Waals surface area contributed by atoms with E-state index in [0.717, 1.165) is 30.3 Å². The molecule has 3 rings (SSSR count). The van der Waals surface area contributed by atoms with E-state index in [2.05, 4.69) is 4.90 Å². The largest absolute Gasteiger partial charge is 0.376 e. The van der Waals surface area contributed by atoms with Gasteiger partial charge in [-0.05, 0) is 12.8 Å². The first kappa shape index (κ1) is 12.2. The summed E-state index contributed by atoms with van der Waals surface area (Å²) in [4.78, 5) is 2.09. The van der Waals surface area contributed by atoms with Crippen LogP contribution in [-0.4, -0.2) is 59.7 Å². The van der Waals surface area contributed by atoms with E-state index in [1.54, 1.807) is 11.8 Å². The first-order valence-electron chi connectivity index (χ1n) is 5.84. The molecule has 3 saturated heterocycles. The fourth-order valence-corrected chi connectivity index (χ4v) is 7.14. The molecule has 0 radical (unpaired) electrons. The average molecular weight is 293 g/mol. The average Bonchev–Trinajstić information content (AvgIpc) is 2.87. The third-order valence-corrected chi connectivity index (χ3v) is 7.25. The molecule has 0 aromatic rings. The van der Waals surface area contributed by atoms with Crippen LogP contribution in [0.4, 0.5) is 0 Å². The lowest BCUT2D eigenvalue weighted by atomic mass is 10.2. The minimum atomic E-state index is -2.86. The number of ether oxygens (including phenoxy) is 1. The highest BCUT2D eigenvalue weighted by Gasteiger charge is 2.48. The van der Waals surface area contributed by atoms with Crippen molar-refractivity contribution >= 4 is 38.1 Å². The zero-order valence-electron chi connectivity index (χ0n) is 9.37. The zero-order chi connectivity index (χ0) is 12.0. The number of thiocarbonyl (C=S) groups is 1. The van der Waals surface area contributed by atoms with Gasteiger partial charge in [0.25, 0.3) is 0 Å². The van der Waals surface area contributed by atoms with Gasteiger partial charge in [0, 0.05) is 18.4 Å². The molecule has 0 aliphatic carbocycles. The van der Waals surface area contributed by atoms with Crippen LogP contribution >= 0.6 is 24.0 Å². The van der Waals surface area contributed by atoms with Gasteiger partial charge in [-0.1, -0.05) is 24.0 Å². The van der Waals surface area contributed by atoms with Crippen LogP contribution in [0.5, 0.6) is 0 Å². The van der Waals surface area contributed by atoms with Crippen LogP contribution in [0.25, 0.3) is 0 Å². The maximum atomic E-state index is 11.6. The van der Waals surface area contributed by atoms with Crippen LogP contribution in [-0.2, 0) is 14.6 Å². The van der Waals surface area contributed by atoms with Gasteiger partial charge in [0.2, 0.25) is 0 Å². The van der Waals surface area contributed by atoms with Crippen LogP contribution in [0.3, 0.4) is 0 Å². The Morgan fingerprint density at radius 1 is 1.47 bits per heavy atom. The topological polar surface area (TPSA) is 46.6 Å². The molecule has 4 nitrogen and oxygen atoms in total. The Hall–Kier alpha value is 0.150. The van der Waals surface area contributed by atoms with Crippen molar-refractivity contribution in [3.63, 3.8) is 0 Å². The molecule has 0 aromatic heterocycles. The second kappa shape index (κ2) is 4.36. The van der Waals surface area contributed by atoms with Crippen molar-refractivity contribution < 1.29 is 13.2 Å². The number of fused-ring (bicyclic) bond motifs is 1. The molecule has 1 unspecified atom stereocenters. The van der Waals surface area contributed by atoms with Crippen molar-refractivity contribution in [3.05, 3.63) is 0 Å². The van der Waals surface area contributed by atoms with Crippen molar-refractivity contribution in [2.24, 2.45) is 0 Å². The first-order chi connectivity index (χ1) is 8.05. The van der Waals surface area contributed by atoms with Crippen LogP contribution in [0.1, 0.15) is 12.8 Å². The quantitative estimate of drug-likeness (QED) is 0.697. The maximum Gasteiger partial charge on any atom is 0.153 e. The molecule has 0 N–H and O–H groups in total. The molecule has 3 aliphatic rings. The number of hydrogen-bond donors (Lipinski definition) is 0. The highest BCUT2D eigenvalue weighted by Crippen LogP contribution is 2.38. The molecule has 0 bridgehead atoms. The summed E-state index contributed by atoms with van der Waals surface area (Å²) in [6.45, 7) is 1.59. The lowest BCUT2D eigenvalue weighted by molar-refractivity contribution is 0.0874. The Kier molecular flexibility index (Phi) is 3.13. The molecule has 3 heterocycles. The molecule has 0 amide bonds. The molecule has 96 valence electrons. The van der Waals surface area contributed by atoms with E-state index in [-0.39, 0.29) is 28.9 Å². The lowest BCUT2D eigenvalue weighted by Gasteiger charge is -2.26. The molecular formula is C10H15NO3S3. The molecule has 17 heavy (non-hydrogen) atoms. The molecule has 3 aliphatic heterocycles. The number of hydrogen-bond acceptors (Lipinski definition) is 5. The Balaban J connectivity index is 1.72. The lowest BCUT2D eigenvalue weighted by Crippen LogP contribution is -2.41. The SMILES string of the molecule is O=S1(=O)C[C@@H]2SC(=S)N(CC3CCCO3)[C@@H]2C1. The zero-order valence-corrected chi connectivity index (χ0v) is 11.8. The molecule has 0 aromatic carbocycles. The van der Waals surface area contributed by atoms with E-state index >= 15 is 0 Å². The Morgan fingerprint density at radius 3 is 3.00 bits per heavy atom. The number of rotatable bonds is 2. The second-order valence-corrected chi connectivity index (χ2v) is 8.88. The molecule has 3 fully saturated rings. The summed E-state index contributed by atoms with van der Waals surface area (Å²) in [7, 11) is -2.86. The fourth-order valence-electron chi connectivity index (χ4n) is 2.75. The van der Waals surface area contributed by atoms with Crippen molar-refractivity contribution in [1.82, 2.24) is 4.90 Å². The molecule has 0 saturated carbocycles. The first-order valence-corrected chi connectivity index (χ1v) is 8.95. The van der Waals surface area contributed by atoms with Crippen LogP contribution in [0, 0.1) is 0 Å². The molecule has 3 atom stereocenters. The summed E-state index contributed by atoms with van der Waals surface area (Å²) in [5.41, 5.74) is 0. The van der Waals surface area contributed by atoms with Gasteiger partial charge in [-0.2, -0.15) is 0 Å². The van der Waals surface area contributed by atoms with Crippen molar-refractivity contribution in [2.75, 3.05) is 24.7 Å². The maximum absolute atomic E-state index is 11.6.